The first-order valence-electron chi connectivity index (χ1n) is 6.94. The second-order valence-corrected chi connectivity index (χ2v) is 5.11. The van der Waals surface area contributed by atoms with Crippen molar-refractivity contribution in [2.24, 2.45) is 0 Å². The molecule has 5 nitrogen and oxygen atoms in total. The van der Waals surface area contributed by atoms with Crippen LogP contribution in [0.2, 0.25) is 0 Å². The summed E-state index contributed by atoms with van der Waals surface area (Å²) in [6.07, 6.45) is 2.96. The number of carbonyl (C=O) groups excluding carboxylic acids is 1. The number of rotatable bonds is 5. The van der Waals surface area contributed by atoms with Crippen LogP contribution in [0.3, 0.4) is 0 Å². The Morgan fingerprint density at radius 3 is 2.78 bits per heavy atom. The highest BCUT2D eigenvalue weighted by Crippen LogP contribution is 2.15. The van der Waals surface area contributed by atoms with Crippen LogP contribution in [0.5, 0.6) is 0 Å². The van der Waals surface area contributed by atoms with Gasteiger partial charge in [-0.3, -0.25) is 14.6 Å². The molecule has 0 amide bonds. The number of hydrogen-bond donors (Lipinski definition) is 0. The molecule has 2 saturated heterocycles. The number of carbonyl (C=O) groups is 1. The molecule has 1 atom stereocenters. The maximum absolute atomic E-state index is 11.8. The quantitative estimate of drug-likeness (QED) is 0.524. The molecule has 5 heteroatoms. The van der Waals surface area contributed by atoms with E-state index in [1.807, 2.05) is 7.05 Å². The average molecular weight is 256 g/mol. The molecule has 104 valence electrons. The van der Waals surface area contributed by atoms with Gasteiger partial charge in [-0.2, -0.15) is 0 Å². The lowest BCUT2D eigenvalue weighted by molar-refractivity contribution is -0.148. The zero-order valence-electron chi connectivity index (χ0n) is 11.3. The Hall–Kier alpha value is -0.650. The Morgan fingerprint density at radius 2 is 2.11 bits per heavy atom. The third-order valence-electron chi connectivity index (χ3n) is 3.76. The molecule has 2 aliphatic heterocycles. The van der Waals surface area contributed by atoms with Crippen molar-refractivity contribution < 1.29 is 14.3 Å². The SMILES string of the molecule is CN1CCC[C@@H]1C(=O)OCCCN1CCOCC1. The molecule has 0 bridgehead atoms. The standard InChI is InChI=1S/C13H24N2O3/c1-14-5-2-4-12(14)13(16)18-9-3-6-15-7-10-17-11-8-15/h12H,2-11H2,1H3/t12-/m1/s1. The van der Waals surface area contributed by atoms with E-state index in [4.69, 9.17) is 9.47 Å². The highest BCUT2D eigenvalue weighted by atomic mass is 16.5. The first-order chi connectivity index (χ1) is 8.77. The van der Waals surface area contributed by atoms with Gasteiger partial charge in [0.2, 0.25) is 0 Å². The van der Waals surface area contributed by atoms with Gasteiger partial charge < -0.3 is 9.47 Å². The second kappa shape index (κ2) is 7.07. The van der Waals surface area contributed by atoms with Gasteiger partial charge in [-0.1, -0.05) is 0 Å². The van der Waals surface area contributed by atoms with E-state index in [1.165, 1.54) is 0 Å². The Bertz CT molecular complexity index is 267. The molecule has 0 unspecified atom stereocenters. The predicted octanol–water partition coefficient (Wildman–Crippen LogP) is 0.346. The first kappa shape index (κ1) is 13.8. The number of morpholine rings is 1. The van der Waals surface area contributed by atoms with Crippen LogP contribution in [0.4, 0.5) is 0 Å². The molecule has 2 aliphatic rings. The molecule has 18 heavy (non-hydrogen) atoms. The third-order valence-corrected chi connectivity index (χ3v) is 3.76. The van der Waals surface area contributed by atoms with Gasteiger partial charge in [0.05, 0.1) is 19.8 Å². The molecule has 2 rings (SSSR count). The summed E-state index contributed by atoms with van der Waals surface area (Å²) in [4.78, 5) is 16.3. The summed E-state index contributed by atoms with van der Waals surface area (Å²) in [6.45, 7) is 6.20. The van der Waals surface area contributed by atoms with Gasteiger partial charge in [0.1, 0.15) is 6.04 Å². The van der Waals surface area contributed by atoms with Crippen LogP contribution < -0.4 is 0 Å². The van der Waals surface area contributed by atoms with E-state index in [9.17, 15) is 4.79 Å². The third kappa shape index (κ3) is 3.93. The van der Waals surface area contributed by atoms with Gasteiger partial charge in [-0.15, -0.1) is 0 Å². The molecule has 0 radical (unpaired) electrons. The smallest absolute Gasteiger partial charge is 0.323 e. The van der Waals surface area contributed by atoms with Gasteiger partial charge in [0.15, 0.2) is 0 Å². The van der Waals surface area contributed by atoms with Gasteiger partial charge in [0.25, 0.3) is 0 Å². The highest BCUT2D eigenvalue weighted by Gasteiger charge is 2.28. The monoisotopic (exact) mass is 256 g/mol. The summed E-state index contributed by atoms with van der Waals surface area (Å²) in [5, 5.41) is 0. The van der Waals surface area contributed by atoms with Crippen LogP contribution in [-0.2, 0) is 14.3 Å². The van der Waals surface area contributed by atoms with Crippen molar-refractivity contribution in [3.8, 4) is 0 Å². The Morgan fingerprint density at radius 1 is 1.33 bits per heavy atom. The second-order valence-electron chi connectivity index (χ2n) is 5.11. The summed E-state index contributed by atoms with van der Waals surface area (Å²) < 4.78 is 10.6. The molecule has 2 heterocycles. The number of esters is 1. The van der Waals surface area contributed by atoms with Crippen molar-refractivity contribution in [2.45, 2.75) is 25.3 Å². The molecule has 0 N–H and O–H groups in total. The van der Waals surface area contributed by atoms with Crippen molar-refractivity contribution in [2.75, 3.05) is 53.0 Å². The lowest BCUT2D eigenvalue weighted by Crippen LogP contribution is -2.38. The van der Waals surface area contributed by atoms with Crippen LogP contribution in [0.15, 0.2) is 0 Å². The van der Waals surface area contributed by atoms with E-state index in [0.717, 1.165) is 58.7 Å². The minimum absolute atomic E-state index is 0.00612. The van der Waals surface area contributed by atoms with E-state index >= 15 is 0 Å². The molecular weight excluding hydrogens is 232 g/mol. The Kier molecular flexibility index (Phi) is 5.41. The largest absolute Gasteiger partial charge is 0.464 e. The van der Waals surface area contributed by atoms with Crippen molar-refractivity contribution in [1.82, 2.24) is 9.80 Å². The molecule has 0 saturated carbocycles. The fourth-order valence-electron chi connectivity index (χ4n) is 2.59. The Labute approximate surface area is 109 Å². The average Bonchev–Trinajstić information content (AvgIpc) is 2.82. The normalized spacial score (nSPS) is 26.4. The molecule has 0 aromatic heterocycles. The van der Waals surface area contributed by atoms with E-state index in [0.29, 0.717) is 6.61 Å². The first-order valence-corrected chi connectivity index (χ1v) is 6.94. The predicted molar refractivity (Wildman–Crippen MR) is 68.5 cm³/mol. The molecule has 0 spiro atoms. The number of ether oxygens (including phenoxy) is 2. The Balaban J connectivity index is 1.56. The van der Waals surface area contributed by atoms with E-state index in [-0.39, 0.29) is 12.0 Å². The summed E-state index contributed by atoms with van der Waals surface area (Å²) in [5.74, 6) is -0.0445. The zero-order valence-corrected chi connectivity index (χ0v) is 11.3. The number of nitrogens with zero attached hydrogens (tertiary/aromatic N) is 2. The molecule has 0 aromatic carbocycles. The highest BCUT2D eigenvalue weighted by molar-refractivity contribution is 5.76. The van der Waals surface area contributed by atoms with Crippen LogP contribution in [-0.4, -0.2) is 74.9 Å². The zero-order chi connectivity index (χ0) is 12.8. The van der Waals surface area contributed by atoms with E-state index in [2.05, 4.69) is 9.80 Å². The molecule has 2 fully saturated rings. The number of hydrogen-bond acceptors (Lipinski definition) is 5. The van der Waals surface area contributed by atoms with Gasteiger partial charge in [-0.25, -0.2) is 0 Å². The number of likely N-dealkylation sites (tertiary alicyclic amines) is 1. The van der Waals surface area contributed by atoms with Crippen molar-refractivity contribution >= 4 is 5.97 Å². The summed E-state index contributed by atoms with van der Waals surface area (Å²) >= 11 is 0. The maximum atomic E-state index is 11.8. The summed E-state index contributed by atoms with van der Waals surface area (Å²) in [6, 6.07) is -0.00612. The van der Waals surface area contributed by atoms with E-state index < -0.39 is 0 Å². The lowest BCUT2D eigenvalue weighted by atomic mass is 10.2. The molecular formula is C13H24N2O3. The topological polar surface area (TPSA) is 42.0 Å². The van der Waals surface area contributed by atoms with Gasteiger partial charge in [0, 0.05) is 19.6 Å². The van der Waals surface area contributed by atoms with Crippen LogP contribution in [0.25, 0.3) is 0 Å². The fraction of sp³-hybridized carbons (Fsp3) is 0.923. The minimum Gasteiger partial charge on any atom is -0.464 e. The maximum Gasteiger partial charge on any atom is 0.323 e. The fourth-order valence-corrected chi connectivity index (χ4v) is 2.59. The summed E-state index contributed by atoms with van der Waals surface area (Å²) in [5.41, 5.74) is 0. The van der Waals surface area contributed by atoms with Crippen LogP contribution in [0, 0.1) is 0 Å². The van der Waals surface area contributed by atoms with Gasteiger partial charge in [-0.05, 0) is 32.9 Å². The lowest BCUT2D eigenvalue weighted by Gasteiger charge is -2.26. The number of likely N-dealkylation sites (N-methyl/N-ethyl adjacent to an activating group) is 1. The van der Waals surface area contributed by atoms with Crippen LogP contribution >= 0.6 is 0 Å². The minimum atomic E-state index is -0.0445. The van der Waals surface area contributed by atoms with Crippen molar-refractivity contribution in [3.05, 3.63) is 0 Å². The molecule has 0 aromatic rings. The van der Waals surface area contributed by atoms with Crippen molar-refractivity contribution in [1.29, 1.82) is 0 Å². The summed E-state index contributed by atoms with van der Waals surface area (Å²) in [7, 11) is 1.99. The van der Waals surface area contributed by atoms with Crippen LogP contribution in [0.1, 0.15) is 19.3 Å². The van der Waals surface area contributed by atoms with Crippen molar-refractivity contribution in [3.63, 3.8) is 0 Å². The van der Waals surface area contributed by atoms with E-state index in [1.54, 1.807) is 0 Å². The molecule has 0 aliphatic carbocycles. The van der Waals surface area contributed by atoms with Gasteiger partial charge >= 0.3 is 5.97 Å².